The molecule has 0 radical (unpaired) electrons. The van der Waals surface area contributed by atoms with Crippen LogP contribution in [0.1, 0.15) is 6.42 Å². The van der Waals surface area contributed by atoms with E-state index in [1.807, 2.05) is 0 Å². The van der Waals surface area contributed by atoms with Crippen LogP contribution in [-0.2, 0) is 9.59 Å². The van der Waals surface area contributed by atoms with Crippen molar-refractivity contribution >= 4 is 23.2 Å². The minimum Gasteiger partial charge on any atom is -0.326 e. The number of benzene rings is 2. The fraction of sp³-hybridized carbons (Fsp3) is 0.176. The first kappa shape index (κ1) is 16.0. The van der Waals surface area contributed by atoms with Crippen LogP contribution in [0.25, 0.3) is 0 Å². The van der Waals surface area contributed by atoms with Crippen molar-refractivity contribution in [3.05, 3.63) is 59.9 Å². The minimum atomic E-state index is -0.805. The van der Waals surface area contributed by atoms with Crippen LogP contribution < -0.4 is 10.2 Å². The van der Waals surface area contributed by atoms with Crippen molar-refractivity contribution in [2.45, 2.75) is 6.42 Å². The number of anilines is 2. The maximum atomic E-state index is 13.1. The van der Waals surface area contributed by atoms with E-state index in [4.69, 9.17) is 0 Å². The third kappa shape index (κ3) is 3.40. The van der Waals surface area contributed by atoms with E-state index >= 15 is 0 Å². The number of halogens is 3. The summed E-state index contributed by atoms with van der Waals surface area (Å²) in [7, 11) is 0. The van der Waals surface area contributed by atoms with Crippen LogP contribution in [0.15, 0.2) is 42.5 Å². The number of carbonyl (C=O) groups excluding carboxylic acids is 2. The number of carbonyl (C=O) groups is 2. The Morgan fingerprint density at radius 2 is 1.62 bits per heavy atom. The summed E-state index contributed by atoms with van der Waals surface area (Å²) in [6.45, 7) is 0.119. The maximum absolute atomic E-state index is 13.1. The summed E-state index contributed by atoms with van der Waals surface area (Å²) in [5, 5.41) is 2.41. The lowest BCUT2D eigenvalue weighted by molar-refractivity contribution is -0.122. The lowest BCUT2D eigenvalue weighted by atomic mass is 10.1. The summed E-state index contributed by atoms with van der Waals surface area (Å²) >= 11 is 0. The molecule has 1 N–H and O–H groups in total. The SMILES string of the molecule is O=C(Nc1cc(F)cc(F)c1)C1CC(=O)N(c2ccc(F)cc2)C1. The number of amides is 2. The predicted molar refractivity (Wildman–Crippen MR) is 81.8 cm³/mol. The van der Waals surface area contributed by atoms with Gasteiger partial charge in [0.15, 0.2) is 0 Å². The molecule has 2 amide bonds. The van der Waals surface area contributed by atoms with Gasteiger partial charge >= 0.3 is 0 Å². The topological polar surface area (TPSA) is 49.4 Å². The Hall–Kier alpha value is -2.83. The van der Waals surface area contributed by atoms with E-state index in [0.717, 1.165) is 12.1 Å². The van der Waals surface area contributed by atoms with E-state index in [0.29, 0.717) is 11.8 Å². The molecule has 2 aromatic rings. The summed E-state index contributed by atoms with van der Waals surface area (Å²) in [5.41, 5.74) is 0.485. The number of rotatable bonds is 3. The largest absolute Gasteiger partial charge is 0.326 e. The van der Waals surface area contributed by atoms with Gasteiger partial charge in [0, 0.05) is 30.4 Å². The Kier molecular flexibility index (Phi) is 4.24. The monoisotopic (exact) mass is 334 g/mol. The molecule has 0 aliphatic carbocycles. The van der Waals surface area contributed by atoms with E-state index in [9.17, 15) is 22.8 Å². The zero-order chi connectivity index (χ0) is 17.3. The van der Waals surface area contributed by atoms with Crippen LogP contribution in [0.3, 0.4) is 0 Å². The van der Waals surface area contributed by atoms with Gasteiger partial charge in [-0.25, -0.2) is 13.2 Å². The normalized spacial score (nSPS) is 17.2. The number of nitrogens with zero attached hydrogens (tertiary/aromatic N) is 1. The summed E-state index contributed by atoms with van der Waals surface area (Å²) in [4.78, 5) is 25.7. The minimum absolute atomic E-state index is 0.00909. The Bertz CT molecular complexity index is 773. The van der Waals surface area contributed by atoms with Crippen LogP contribution in [0.5, 0.6) is 0 Å². The molecule has 7 heteroatoms. The lowest BCUT2D eigenvalue weighted by Gasteiger charge is -2.16. The molecule has 24 heavy (non-hydrogen) atoms. The van der Waals surface area contributed by atoms with Crippen molar-refractivity contribution in [2.75, 3.05) is 16.8 Å². The van der Waals surface area contributed by atoms with Gasteiger partial charge < -0.3 is 10.2 Å². The zero-order valence-electron chi connectivity index (χ0n) is 12.4. The molecule has 1 aliphatic heterocycles. The molecule has 124 valence electrons. The summed E-state index contributed by atoms with van der Waals surface area (Å²) in [6, 6.07) is 8.05. The van der Waals surface area contributed by atoms with E-state index in [1.54, 1.807) is 0 Å². The first-order valence-corrected chi connectivity index (χ1v) is 7.25. The molecule has 1 heterocycles. The molecular weight excluding hydrogens is 321 g/mol. The fourth-order valence-electron chi connectivity index (χ4n) is 2.62. The highest BCUT2D eigenvalue weighted by molar-refractivity contribution is 6.03. The first-order valence-electron chi connectivity index (χ1n) is 7.25. The van der Waals surface area contributed by atoms with Gasteiger partial charge in [0.25, 0.3) is 0 Å². The van der Waals surface area contributed by atoms with Crippen LogP contribution >= 0.6 is 0 Å². The Morgan fingerprint density at radius 1 is 1.00 bits per heavy atom. The molecule has 1 fully saturated rings. The molecule has 0 bridgehead atoms. The molecule has 1 atom stereocenters. The average molecular weight is 334 g/mol. The van der Waals surface area contributed by atoms with E-state index in [1.165, 1.54) is 29.2 Å². The highest BCUT2D eigenvalue weighted by Crippen LogP contribution is 2.26. The second kappa shape index (κ2) is 6.35. The van der Waals surface area contributed by atoms with Crippen molar-refractivity contribution in [1.29, 1.82) is 0 Å². The first-order chi connectivity index (χ1) is 11.4. The van der Waals surface area contributed by atoms with Gasteiger partial charge in [-0.05, 0) is 36.4 Å². The molecule has 1 aliphatic rings. The molecule has 2 aromatic carbocycles. The van der Waals surface area contributed by atoms with Gasteiger partial charge in [0.1, 0.15) is 17.5 Å². The zero-order valence-corrected chi connectivity index (χ0v) is 12.4. The van der Waals surface area contributed by atoms with Crippen LogP contribution in [0.4, 0.5) is 24.5 Å². The Morgan fingerprint density at radius 3 is 2.25 bits per heavy atom. The highest BCUT2D eigenvalue weighted by atomic mass is 19.1. The second-order valence-electron chi connectivity index (χ2n) is 5.53. The molecular formula is C17H13F3N2O2. The standard InChI is InChI=1S/C17H13F3N2O2/c18-11-1-3-15(4-2-11)22-9-10(5-16(22)23)17(24)21-14-7-12(19)6-13(20)8-14/h1-4,6-8,10H,5,9H2,(H,21,24). The van der Waals surface area contributed by atoms with Crippen LogP contribution in [0, 0.1) is 23.4 Å². The van der Waals surface area contributed by atoms with Gasteiger partial charge in [-0.1, -0.05) is 0 Å². The second-order valence-corrected chi connectivity index (χ2v) is 5.53. The third-order valence-electron chi connectivity index (χ3n) is 3.76. The van der Waals surface area contributed by atoms with Crippen LogP contribution in [0.2, 0.25) is 0 Å². The number of hydrogen-bond donors (Lipinski definition) is 1. The van der Waals surface area contributed by atoms with Crippen molar-refractivity contribution in [1.82, 2.24) is 0 Å². The maximum Gasteiger partial charge on any atom is 0.229 e. The molecule has 4 nitrogen and oxygen atoms in total. The van der Waals surface area contributed by atoms with E-state index in [-0.39, 0.29) is 24.6 Å². The highest BCUT2D eigenvalue weighted by Gasteiger charge is 2.35. The van der Waals surface area contributed by atoms with Crippen LogP contribution in [-0.4, -0.2) is 18.4 Å². The fourth-order valence-corrected chi connectivity index (χ4v) is 2.62. The number of nitrogens with one attached hydrogen (secondary N) is 1. The molecule has 0 aromatic heterocycles. The van der Waals surface area contributed by atoms with Gasteiger partial charge in [-0.15, -0.1) is 0 Å². The summed E-state index contributed by atoms with van der Waals surface area (Å²) < 4.78 is 39.3. The quantitative estimate of drug-likeness (QED) is 0.938. The van der Waals surface area contributed by atoms with E-state index < -0.39 is 29.3 Å². The predicted octanol–water partition coefficient (Wildman–Crippen LogP) is 3.10. The van der Waals surface area contributed by atoms with Gasteiger partial charge in [0.05, 0.1) is 5.92 Å². The van der Waals surface area contributed by atoms with Gasteiger partial charge in [-0.2, -0.15) is 0 Å². The molecule has 0 spiro atoms. The number of hydrogen-bond acceptors (Lipinski definition) is 2. The van der Waals surface area contributed by atoms with E-state index in [2.05, 4.69) is 5.32 Å². The third-order valence-corrected chi connectivity index (χ3v) is 3.76. The molecule has 1 saturated heterocycles. The summed E-state index contributed by atoms with van der Waals surface area (Å²) in [6.07, 6.45) is -0.0268. The summed E-state index contributed by atoms with van der Waals surface area (Å²) in [5.74, 6) is -3.46. The smallest absolute Gasteiger partial charge is 0.229 e. The lowest BCUT2D eigenvalue weighted by Crippen LogP contribution is -2.28. The van der Waals surface area contributed by atoms with Crippen molar-refractivity contribution in [3.8, 4) is 0 Å². The molecule has 3 rings (SSSR count). The average Bonchev–Trinajstić information content (AvgIpc) is 2.89. The van der Waals surface area contributed by atoms with Gasteiger partial charge in [-0.3, -0.25) is 9.59 Å². The van der Waals surface area contributed by atoms with Crippen molar-refractivity contribution in [3.63, 3.8) is 0 Å². The molecule has 0 saturated carbocycles. The Balaban J connectivity index is 1.70. The molecule has 1 unspecified atom stereocenters. The van der Waals surface area contributed by atoms with Crippen molar-refractivity contribution in [2.24, 2.45) is 5.92 Å². The van der Waals surface area contributed by atoms with Gasteiger partial charge in [0.2, 0.25) is 11.8 Å². The van der Waals surface area contributed by atoms with Crippen molar-refractivity contribution < 1.29 is 22.8 Å². The Labute approximate surface area is 135 Å².